The third kappa shape index (κ3) is 3.26. The Balaban J connectivity index is 2.07. The fraction of sp³-hybridized carbons (Fsp3) is 0.500. The van der Waals surface area contributed by atoms with Crippen LogP contribution in [0, 0.1) is 0 Å². The third-order valence-corrected chi connectivity index (χ3v) is 4.18. The Kier molecular flexibility index (Phi) is 4.50. The van der Waals surface area contributed by atoms with Crippen molar-refractivity contribution >= 4 is 27.8 Å². The minimum absolute atomic E-state index is 0.983. The van der Waals surface area contributed by atoms with Crippen LogP contribution in [0.2, 0.25) is 0 Å². The number of aryl methyl sites for hydroxylation is 1. The minimum Gasteiger partial charge on any atom is -0.362 e. The second kappa shape index (κ2) is 6.12. The topological polar surface area (TPSA) is 37.8 Å². The summed E-state index contributed by atoms with van der Waals surface area (Å²) in [5.41, 5.74) is 1.05. The first-order valence-corrected chi connectivity index (χ1v) is 7.67. The average Bonchev–Trinajstić information content (AvgIpc) is 2.95. The molecule has 2 rings (SSSR count). The quantitative estimate of drug-likeness (QED) is 0.858. The molecule has 0 radical (unpaired) electrons. The number of thiazole rings is 2. The van der Waals surface area contributed by atoms with E-state index in [-0.39, 0.29) is 0 Å². The number of hydrogen-bond acceptors (Lipinski definition) is 5. The number of nitrogens with zero attached hydrogens (tertiary/aromatic N) is 2. The molecule has 0 amide bonds. The second-order valence-electron chi connectivity index (χ2n) is 3.83. The van der Waals surface area contributed by atoms with E-state index in [0.29, 0.717) is 0 Å². The first kappa shape index (κ1) is 12.5. The molecule has 0 fully saturated rings. The predicted octanol–water partition coefficient (Wildman–Crippen LogP) is 4.04. The van der Waals surface area contributed by atoms with Crippen LogP contribution in [0.25, 0.3) is 10.6 Å². The largest absolute Gasteiger partial charge is 0.362 e. The van der Waals surface area contributed by atoms with E-state index in [0.717, 1.165) is 36.6 Å². The van der Waals surface area contributed by atoms with E-state index < -0.39 is 0 Å². The molecule has 0 atom stereocenters. The molecule has 0 spiro atoms. The van der Waals surface area contributed by atoms with Crippen LogP contribution in [0.4, 0.5) is 5.13 Å². The Morgan fingerprint density at radius 1 is 1.29 bits per heavy atom. The molecule has 3 nitrogen and oxygen atoms in total. The summed E-state index contributed by atoms with van der Waals surface area (Å²) in [6.07, 6.45) is 5.27. The van der Waals surface area contributed by atoms with E-state index in [4.69, 9.17) is 0 Å². The number of hydrogen-bond donors (Lipinski definition) is 1. The fourth-order valence-electron chi connectivity index (χ4n) is 1.46. The fourth-order valence-corrected chi connectivity index (χ4v) is 3.25. The first-order chi connectivity index (χ1) is 8.33. The van der Waals surface area contributed by atoms with Crippen molar-refractivity contribution in [3.63, 3.8) is 0 Å². The molecule has 2 aromatic heterocycles. The van der Waals surface area contributed by atoms with Crippen molar-refractivity contribution in [2.45, 2.75) is 33.1 Å². The van der Waals surface area contributed by atoms with E-state index in [2.05, 4.69) is 34.5 Å². The number of aromatic nitrogens is 2. The smallest absolute Gasteiger partial charge is 0.183 e. The van der Waals surface area contributed by atoms with Gasteiger partial charge in [-0.05, 0) is 19.3 Å². The first-order valence-electron chi connectivity index (χ1n) is 5.98. The molecular weight excluding hydrogens is 250 g/mol. The monoisotopic (exact) mass is 267 g/mol. The van der Waals surface area contributed by atoms with E-state index in [1.165, 1.54) is 9.88 Å². The zero-order chi connectivity index (χ0) is 12.1. The maximum atomic E-state index is 4.57. The van der Waals surface area contributed by atoms with Crippen LogP contribution in [-0.2, 0) is 6.42 Å². The van der Waals surface area contributed by atoms with Crippen molar-refractivity contribution < 1.29 is 0 Å². The lowest BCUT2D eigenvalue weighted by Crippen LogP contribution is -1.98. The molecule has 0 aliphatic rings. The zero-order valence-corrected chi connectivity index (χ0v) is 11.8. The lowest BCUT2D eigenvalue weighted by molar-refractivity contribution is 0.909. The van der Waals surface area contributed by atoms with Gasteiger partial charge in [0.2, 0.25) is 0 Å². The van der Waals surface area contributed by atoms with Gasteiger partial charge in [-0.1, -0.05) is 13.8 Å². The summed E-state index contributed by atoms with van der Waals surface area (Å²) in [7, 11) is 0. The highest BCUT2D eigenvalue weighted by atomic mass is 32.1. The molecule has 2 heterocycles. The molecule has 0 saturated heterocycles. The summed E-state index contributed by atoms with van der Waals surface area (Å²) in [6.45, 7) is 5.31. The van der Waals surface area contributed by atoms with Crippen molar-refractivity contribution in [2.75, 3.05) is 11.9 Å². The molecule has 92 valence electrons. The van der Waals surface area contributed by atoms with E-state index >= 15 is 0 Å². The summed E-state index contributed by atoms with van der Waals surface area (Å²) in [5, 5.41) is 7.62. The zero-order valence-electron chi connectivity index (χ0n) is 10.2. The van der Waals surface area contributed by atoms with Crippen LogP contribution < -0.4 is 5.32 Å². The Hall–Kier alpha value is -0.940. The second-order valence-corrected chi connectivity index (χ2v) is 5.81. The van der Waals surface area contributed by atoms with Crippen LogP contribution in [-0.4, -0.2) is 16.5 Å². The molecule has 0 unspecified atom stereocenters. The maximum Gasteiger partial charge on any atom is 0.183 e. The number of nitrogens with one attached hydrogen (secondary N) is 1. The van der Waals surface area contributed by atoms with Gasteiger partial charge in [0.25, 0.3) is 0 Å². The SMILES string of the molecule is CCCNc1nc(-c2cnc(CCC)s2)cs1. The van der Waals surface area contributed by atoms with Gasteiger partial charge < -0.3 is 5.32 Å². The molecule has 0 saturated carbocycles. The highest BCUT2D eigenvalue weighted by Gasteiger charge is 2.08. The Bertz CT molecular complexity index is 462. The highest BCUT2D eigenvalue weighted by molar-refractivity contribution is 7.16. The van der Waals surface area contributed by atoms with E-state index in [1.54, 1.807) is 22.7 Å². The Labute approximate surface area is 110 Å². The van der Waals surface area contributed by atoms with Crippen molar-refractivity contribution in [2.24, 2.45) is 0 Å². The molecule has 1 N–H and O–H groups in total. The summed E-state index contributed by atoms with van der Waals surface area (Å²) in [6, 6.07) is 0. The summed E-state index contributed by atoms with van der Waals surface area (Å²) in [5.74, 6) is 0. The lowest BCUT2D eigenvalue weighted by Gasteiger charge is -1.96. The summed E-state index contributed by atoms with van der Waals surface area (Å²) in [4.78, 5) is 10.2. The Morgan fingerprint density at radius 2 is 2.18 bits per heavy atom. The van der Waals surface area contributed by atoms with E-state index in [9.17, 15) is 0 Å². The van der Waals surface area contributed by atoms with Gasteiger partial charge in [-0.2, -0.15) is 0 Å². The van der Waals surface area contributed by atoms with Gasteiger partial charge in [0.1, 0.15) is 0 Å². The number of rotatable bonds is 6. The average molecular weight is 267 g/mol. The molecule has 0 aliphatic carbocycles. The van der Waals surface area contributed by atoms with Gasteiger partial charge in [-0.3, -0.25) is 0 Å². The molecule has 17 heavy (non-hydrogen) atoms. The Morgan fingerprint density at radius 3 is 2.94 bits per heavy atom. The maximum absolute atomic E-state index is 4.57. The molecular formula is C12H17N3S2. The van der Waals surface area contributed by atoms with Crippen molar-refractivity contribution in [3.05, 3.63) is 16.6 Å². The van der Waals surface area contributed by atoms with Gasteiger partial charge >= 0.3 is 0 Å². The van der Waals surface area contributed by atoms with Crippen LogP contribution in [0.3, 0.4) is 0 Å². The standard InChI is InChI=1S/C12H17N3S2/c1-3-5-11-14-7-10(17-11)9-8-16-12(15-9)13-6-4-2/h7-8H,3-6H2,1-2H3,(H,13,15). The third-order valence-electron chi connectivity index (χ3n) is 2.30. The van der Waals surface area contributed by atoms with Gasteiger partial charge in [-0.25, -0.2) is 9.97 Å². The minimum atomic E-state index is 0.983. The van der Waals surface area contributed by atoms with Gasteiger partial charge in [-0.15, -0.1) is 22.7 Å². The molecule has 2 aromatic rings. The lowest BCUT2D eigenvalue weighted by atomic mass is 10.4. The summed E-state index contributed by atoms with van der Waals surface area (Å²) >= 11 is 3.42. The van der Waals surface area contributed by atoms with Crippen LogP contribution in [0.5, 0.6) is 0 Å². The molecule has 5 heteroatoms. The van der Waals surface area contributed by atoms with Crippen molar-refractivity contribution in [1.82, 2.24) is 9.97 Å². The molecule has 0 aromatic carbocycles. The van der Waals surface area contributed by atoms with E-state index in [1.807, 2.05) is 6.20 Å². The molecule has 0 aliphatic heterocycles. The summed E-state index contributed by atoms with van der Waals surface area (Å²) < 4.78 is 0. The van der Waals surface area contributed by atoms with Gasteiger partial charge in [0, 0.05) is 18.1 Å². The van der Waals surface area contributed by atoms with Gasteiger partial charge in [0.15, 0.2) is 5.13 Å². The van der Waals surface area contributed by atoms with Gasteiger partial charge in [0.05, 0.1) is 15.6 Å². The molecule has 0 bridgehead atoms. The predicted molar refractivity (Wildman–Crippen MR) is 76.0 cm³/mol. The normalized spacial score (nSPS) is 10.7. The number of anilines is 1. The van der Waals surface area contributed by atoms with Crippen LogP contribution >= 0.6 is 22.7 Å². The van der Waals surface area contributed by atoms with Crippen molar-refractivity contribution in [1.29, 1.82) is 0 Å². The van der Waals surface area contributed by atoms with Crippen LogP contribution in [0.1, 0.15) is 31.7 Å². The van der Waals surface area contributed by atoms with Crippen LogP contribution in [0.15, 0.2) is 11.6 Å². The van der Waals surface area contributed by atoms with Crippen molar-refractivity contribution in [3.8, 4) is 10.6 Å². The highest BCUT2D eigenvalue weighted by Crippen LogP contribution is 2.29.